The summed E-state index contributed by atoms with van der Waals surface area (Å²) in [6.45, 7) is 16.1. The Morgan fingerprint density at radius 3 is 1.95 bits per heavy atom. The number of aliphatic hydroxyl groups is 10. The topological polar surface area (TPSA) is 276 Å². The van der Waals surface area contributed by atoms with Gasteiger partial charge in [0, 0.05) is 17.8 Å². The summed E-state index contributed by atoms with van der Waals surface area (Å²) >= 11 is 0. The van der Waals surface area contributed by atoms with E-state index < -0.39 is 128 Å². The van der Waals surface area contributed by atoms with Crippen molar-refractivity contribution in [2.45, 2.75) is 222 Å². The van der Waals surface area contributed by atoms with Gasteiger partial charge < -0.3 is 89.0 Å². The van der Waals surface area contributed by atoms with Crippen LogP contribution in [0.4, 0.5) is 0 Å². The lowest BCUT2D eigenvalue weighted by atomic mass is 9.35. The molecular formula is C48H78O18. The molecule has 9 aliphatic rings. The fourth-order valence-corrected chi connectivity index (χ4v) is 15.9. The van der Waals surface area contributed by atoms with Crippen LogP contribution in [0.15, 0.2) is 11.6 Å². The number of fused-ring (bicyclic) bond motifs is 4. The van der Waals surface area contributed by atoms with Crippen LogP contribution in [0.5, 0.6) is 0 Å². The predicted octanol–water partition coefficient (Wildman–Crippen LogP) is 0.355. The van der Waals surface area contributed by atoms with Crippen molar-refractivity contribution in [1.29, 1.82) is 0 Å². The van der Waals surface area contributed by atoms with Crippen molar-refractivity contribution < 1.29 is 89.0 Å². The smallest absolute Gasteiger partial charge is 0.187 e. The molecule has 5 unspecified atom stereocenters. The molecule has 378 valence electrons. The highest BCUT2D eigenvalue weighted by Gasteiger charge is 2.82. The van der Waals surface area contributed by atoms with E-state index in [1.807, 2.05) is 6.92 Å². The Bertz CT molecular complexity index is 1790. The molecule has 9 rings (SSSR count). The van der Waals surface area contributed by atoms with Crippen molar-refractivity contribution >= 4 is 0 Å². The van der Waals surface area contributed by atoms with Gasteiger partial charge in [0.25, 0.3) is 0 Å². The maximum Gasteiger partial charge on any atom is 0.187 e. The molecular weight excluding hydrogens is 865 g/mol. The van der Waals surface area contributed by atoms with Gasteiger partial charge in [-0.2, -0.15) is 0 Å². The van der Waals surface area contributed by atoms with Crippen molar-refractivity contribution in [2.24, 2.45) is 45.3 Å². The Balaban J connectivity index is 0.986. The molecule has 5 heterocycles. The molecule has 66 heavy (non-hydrogen) atoms. The summed E-state index contributed by atoms with van der Waals surface area (Å²) < 4.78 is 51.1. The molecule has 0 aromatic rings. The highest BCUT2D eigenvalue weighted by atomic mass is 16.8. The molecule has 0 aromatic carbocycles. The molecule has 2 bridgehead atoms. The summed E-state index contributed by atoms with van der Waals surface area (Å²) in [6.07, 6.45) is -15.6. The summed E-state index contributed by atoms with van der Waals surface area (Å²) in [6, 6.07) is 0. The Hall–Kier alpha value is -0.980. The molecule has 9 fully saturated rings. The molecule has 26 atom stereocenters. The highest BCUT2D eigenvalue weighted by molar-refractivity contribution is 5.28. The van der Waals surface area contributed by atoms with Gasteiger partial charge in [0.2, 0.25) is 0 Å². The average molecular weight is 943 g/mol. The van der Waals surface area contributed by atoms with Crippen molar-refractivity contribution in [3.8, 4) is 0 Å². The second kappa shape index (κ2) is 17.4. The van der Waals surface area contributed by atoms with E-state index in [2.05, 4.69) is 47.6 Å². The molecule has 0 radical (unpaired) electrons. The molecule has 0 aromatic heterocycles. The average Bonchev–Trinajstić information content (AvgIpc) is 3.87. The highest BCUT2D eigenvalue weighted by Crippen LogP contribution is 2.81. The Morgan fingerprint density at radius 2 is 1.29 bits per heavy atom. The first-order valence-corrected chi connectivity index (χ1v) is 24.5. The quantitative estimate of drug-likeness (QED) is 0.105. The van der Waals surface area contributed by atoms with E-state index >= 15 is 0 Å². The van der Waals surface area contributed by atoms with Crippen molar-refractivity contribution in [3.05, 3.63) is 11.6 Å². The monoisotopic (exact) mass is 943 g/mol. The van der Waals surface area contributed by atoms with Gasteiger partial charge in [0.15, 0.2) is 24.7 Å². The van der Waals surface area contributed by atoms with Crippen molar-refractivity contribution in [1.82, 2.24) is 0 Å². The van der Waals surface area contributed by atoms with E-state index in [0.717, 1.165) is 38.5 Å². The Morgan fingerprint density at radius 1 is 0.667 bits per heavy atom. The standard InChI is InChI=1S/C48H78O18/c1-21(2)9-12-29-46(8,58)39-23-10-11-27-44(6)15-14-28(43(4,5)26(44)13-16-45(27,7)47(23)19-48(39,66-29)59-20-47)63-42-38(65-40-35(56)33(54)30(51)22(3)60-40)37(32(53)25(18-50)62-42)64-41-36(57)34(55)31(52)24(17-49)61-41/h9,22-42,49-58H,10-20H2,1-8H3/t22-,23?,24+,25+,26?,27+,28?,29?,30-,31+,32+,33+,34-,35+,36+,37-,38+,39?,40-,41-,42-,44-,45+,46-,47-,48-/m0/s1. The number of allylic oxidation sites excluding steroid dienone is 1. The maximum atomic E-state index is 12.3. The summed E-state index contributed by atoms with van der Waals surface area (Å²) in [7, 11) is 0. The predicted molar refractivity (Wildman–Crippen MR) is 229 cm³/mol. The van der Waals surface area contributed by atoms with Crippen molar-refractivity contribution in [2.75, 3.05) is 19.8 Å². The summed E-state index contributed by atoms with van der Waals surface area (Å²) in [4.78, 5) is 0. The summed E-state index contributed by atoms with van der Waals surface area (Å²) in [5.41, 5.74) is -0.692. The summed E-state index contributed by atoms with van der Waals surface area (Å²) in [5.74, 6) is -0.143. The van der Waals surface area contributed by atoms with Crippen LogP contribution in [0.25, 0.3) is 0 Å². The van der Waals surface area contributed by atoms with Gasteiger partial charge in [0.05, 0.1) is 43.7 Å². The van der Waals surface area contributed by atoms with Gasteiger partial charge in [-0.05, 0) is 107 Å². The lowest BCUT2D eigenvalue weighted by molar-refractivity contribution is -0.398. The van der Waals surface area contributed by atoms with E-state index in [0.29, 0.717) is 25.4 Å². The third kappa shape index (κ3) is 7.32. The fourth-order valence-electron chi connectivity index (χ4n) is 15.9. The van der Waals surface area contributed by atoms with Crippen LogP contribution >= 0.6 is 0 Å². The van der Waals surface area contributed by atoms with Crippen LogP contribution in [-0.2, 0) is 37.9 Å². The molecule has 18 heteroatoms. The zero-order chi connectivity index (χ0) is 47.8. The molecule has 5 saturated heterocycles. The van der Waals surface area contributed by atoms with Crippen LogP contribution in [0.2, 0.25) is 0 Å². The first-order chi connectivity index (χ1) is 30.9. The van der Waals surface area contributed by atoms with Crippen LogP contribution in [0.3, 0.4) is 0 Å². The van der Waals surface area contributed by atoms with Crippen LogP contribution in [0.1, 0.15) is 107 Å². The third-order valence-electron chi connectivity index (χ3n) is 19.3. The lowest BCUT2D eigenvalue weighted by Crippen LogP contribution is -2.68. The number of rotatable bonds is 10. The molecule has 18 nitrogen and oxygen atoms in total. The van der Waals surface area contributed by atoms with Crippen LogP contribution in [0, 0.1) is 45.3 Å². The van der Waals surface area contributed by atoms with Gasteiger partial charge >= 0.3 is 0 Å². The second-order valence-corrected chi connectivity index (χ2v) is 23.3. The lowest BCUT2D eigenvalue weighted by Gasteiger charge is -2.70. The first-order valence-electron chi connectivity index (χ1n) is 24.5. The largest absolute Gasteiger partial charge is 0.394 e. The van der Waals surface area contributed by atoms with Gasteiger partial charge in [-0.25, -0.2) is 0 Å². The van der Waals surface area contributed by atoms with Crippen LogP contribution < -0.4 is 0 Å². The number of hydrogen-bond donors (Lipinski definition) is 10. The maximum absolute atomic E-state index is 12.3. The van der Waals surface area contributed by atoms with E-state index in [9.17, 15) is 51.1 Å². The molecule has 10 N–H and O–H groups in total. The second-order valence-electron chi connectivity index (χ2n) is 23.3. The van der Waals surface area contributed by atoms with Gasteiger partial charge in [-0.1, -0.05) is 39.3 Å². The molecule has 4 aliphatic carbocycles. The fraction of sp³-hybridized carbons (Fsp3) is 0.958. The number of aliphatic hydroxyl groups excluding tert-OH is 9. The Kier molecular flexibility index (Phi) is 13.1. The minimum atomic E-state index is -1.86. The molecule has 4 saturated carbocycles. The Labute approximate surface area is 387 Å². The normalized spacial score (nSPS) is 57.4. The number of ether oxygens (including phenoxy) is 8. The van der Waals surface area contributed by atoms with Gasteiger partial charge in [-0.15, -0.1) is 0 Å². The van der Waals surface area contributed by atoms with Gasteiger partial charge in [-0.3, -0.25) is 0 Å². The minimum absolute atomic E-state index is 0.0887. The summed E-state index contributed by atoms with van der Waals surface area (Å²) in [5, 5.41) is 109. The van der Waals surface area contributed by atoms with Crippen LogP contribution in [-0.4, -0.2) is 187 Å². The van der Waals surface area contributed by atoms with Crippen molar-refractivity contribution in [3.63, 3.8) is 0 Å². The van der Waals surface area contributed by atoms with E-state index in [4.69, 9.17) is 37.9 Å². The van der Waals surface area contributed by atoms with Gasteiger partial charge in [0.1, 0.15) is 67.1 Å². The van der Waals surface area contributed by atoms with E-state index in [1.165, 1.54) is 12.5 Å². The zero-order valence-corrected chi connectivity index (χ0v) is 39.7. The minimum Gasteiger partial charge on any atom is -0.394 e. The first kappa shape index (κ1) is 50.0. The zero-order valence-electron chi connectivity index (χ0n) is 39.7. The molecule has 2 spiro atoms. The molecule has 5 aliphatic heterocycles. The SMILES string of the molecule is CC(C)=CCC1O[C@]23C[C@]4(CO2)C(CC[C@@H]2[C@@]5(C)CCC(O[C@@H]6O[C@H](CO)[C@@H](O)[C@H](O[C@@H]7O[C@H](CO)[C@@H](O)[C@H](O)[C@H]7O)[C@H]6O[C@@H]6O[C@@H](C)[C@H](O)[C@@H](O)[C@H]6O)C(C)(C)C5CC[C@]24C)C3[C@@]1(C)O. The van der Waals surface area contributed by atoms with E-state index in [1.54, 1.807) is 0 Å². The third-order valence-corrected chi connectivity index (χ3v) is 19.3. The molecule has 0 amide bonds. The number of hydrogen-bond acceptors (Lipinski definition) is 18. The van der Waals surface area contributed by atoms with E-state index in [-0.39, 0.29) is 40.1 Å².